The van der Waals surface area contributed by atoms with Gasteiger partial charge in [0.1, 0.15) is 0 Å². The molecule has 1 aromatic rings. The molecule has 0 aliphatic carbocycles. The topological polar surface area (TPSA) is 15.3 Å². The molecule has 1 unspecified atom stereocenters. The molecule has 1 saturated heterocycles. The van der Waals surface area contributed by atoms with Crippen LogP contribution in [0.1, 0.15) is 39.2 Å². The van der Waals surface area contributed by atoms with Gasteiger partial charge in [-0.1, -0.05) is 49.2 Å². The van der Waals surface area contributed by atoms with Crippen molar-refractivity contribution in [1.82, 2.24) is 5.32 Å². The van der Waals surface area contributed by atoms with E-state index in [1.165, 1.54) is 41.7 Å². The summed E-state index contributed by atoms with van der Waals surface area (Å²) in [4.78, 5) is 2.52. The summed E-state index contributed by atoms with van der Waals surface area (Å²) in [6.45, 7) is 11.2. The first-order chi connectivity index (χ1) is 9.60. The number of nitrogens with zero attached hydrogens (tertiary/aromatic N) is 1. The van der Waals surface area contributed by atoms with Crippen LogP contribution >= 0.6 is 15.9 Å². The smallest absolute Gasteiger partial charge is 0.0377 e. The second-order valence-corrected chi connectivity index (χ2v) is 7.16. The van der Waals surface area contributed by atoms with Crippen molar-refractivity contribution >= 4 is 21.6 Å². The van der Waals surface area contributed by atoms with Gasteiger partial charge in [0, 0.05) is 29.8 Å². The summed E-state index contributed by atoms with van der Waals surface area (Å²) in [6.07, 6.45) is 2.64. The van der Waals surface area contributed by atoms with Gasteiger partial charge in [0.25, 0.3) is 0 Å². The van der Waals surface area contributed by atoms with E-state index in [1.54, 1.807) is 0 Å². The van der Waals surface area contributed by atoms with E-state index in [9.17, 15) is 0 Å². The predicted octanol–water partition coefficient (Wildman–Crippen LogP) is 4.43. The fraction of sp³-hybridized carbons (Fsp3) is 0.647. The molecule has 1 atom stereocenters. The Labute approximate surface area is 132 Å². The van der Waals surface area contributed by atoms with Gasteiger partial charge in [0.2, 0.25) is 0 Å². The standard InChI is InChI=1S/C17H27BrN2/c1-4-14-7-8-20(12-14)16-6-5-15(17(18)9-16)11-19-10-13(2)3/h5-6,9,13-14,19H,4,7-8,10-12H2,1-3H3. The zero-order chi connectivity index (χ0) is 14.5. The van der Waals surface area contributed by atoms with E-state index in [0.29, 0.717) is 5.92 Å². The normalized spacial score (nSPS) is 19.1. The van der Waals surface area contributed by atoms with Crippen molar-refractivity contribution in [2.45, 2.75) is 40.2 Å². The highest BCUT2D eigenvalue weighted by Crippen LogP contribution is 2.29. The summed E-state index contributed by atoms with van der Waals surface area (Å²) in [7, 11) is 0. The minimum atomic E-state index is 0.698. The van der Waals surface area contributed by atoms with Crippen molar-refractivity contribution in [3.8, 4) is 0 Å². The Hall–Kier alpha value is -0.540. The van der Waals surface area contributed by atoms with Gasteiger partial charge in [-0.2, -0.15) is 0 Å². The van der Waals surface area contributed by atoms with Gasteiger partial charge in [0.15, 0.2) is 0 Å². The zero-order valence-electron chi connectivity index (χ0n) is 13.0. The Morgan fingerprint density at radius 2 is 2.20 bits per heavy atom. The van der Waals surface area contributed by atoms with Gasteiger partial charge in [-0.3, -0.25) is 0 Å². The second-order valence-electron chi connectivity index (χ2n) is 6.31. The molecule has 1 aromatic carbocycles. The molecule has 1 aliphatic rings. The van der Waals surface area contributed by atoms with Gasteiger partial charge in [-0.05, 0) is 42.5 Å². The number of nitrogens with one attached hydrogen (secondary N) is 1. The van der Waals surface area contributed by atoms with E-state index in [0.717, 1.165) is 19.0 Å². The summed E-state index contributed by atoms with van der Waals surface area (Å²) < 4.78 is 1.23. The maximum absolute atomic E-state index is 3.73. The zero-order valence-corrected chi connectivity index (χ0v) is 14.5. The molecule has 0 saturated carbocycles. The predicted molar refractivity (Wildman–Crippen MR) is 91.3 cm³/mol. The van der Waals surface area contributed by atoms with Gasteiger partial charge < -0.3 is 10.2 Å². The van der Waals surface area contributed by atoms with Crippen LogP contribution in [-0.2, 0) is 6.54 Å². The van der Waals surface area contributed by atoms with E-state index < -0.39 is 0 Å². The number of anilines is 1. The summed E-state index contributed by atoms with van der Waals surface area (Å²) in [5, 5.41) is 3.50. The van der Waals surface area contributed by atoms with E-state index in [1.807, 2.05) is 0 Å². The lowest BCUT2D eigenvalue weighted by Gasteiger charge is -2.20. The van der Waals surface area contributed by atoms with Crippen LogP contribution in [0.5, 0.6) is 0 Å². The molecule has 112 valence electrons. The average Bonchev–Trinajstić information content (AvgIpc) is 2.89. The molecule has 1 heterocycles. The fourth-order valence-corrected chi connectivity index (χ4v) is 3.28. The Kier molecular flexibility index (Phi) is 5.91. The Bertz CT molecular complexity index is 431. The lowest BCUT2D eigenvalue weighted by Crippen LogP contribution is -2.21. The van der Waals surface area contributed by atoms with Crippen molar-refractivity contribution in [2.24, 2.45) is 11.8 Å². The quantitative estimate of drug-likeness (QED) is 0.825. The summed E-state index contributed by atoms with van der Waals surface area (Å²) >= 11 is 3.73. The molecule has 1 fully saturated rings. The fourth-order valence-electron chi connectivity index (χ4n) is 2.77. The van der Waals surface area contributed by atoms with E-state index >= 15 is 0 Å². The minimum absolute atomic E-state index is 0.698. The van der Waals surface area contributed by atoms with Crippen LogP contribution < -0.4 is 10.2 Å². The lowest BCUT2D eigenvalue weighted by molar-refractivity contribution is 0.552. The van der Waals surface area contributed by atoms with Crippen LogP contribution in [0.2, 0.25) is 0 Å². The van der Waals surface area contributed by atoms with Gasteiger partial charge >= 0.3 is 0 Å². The third-order valence-electron chi connectivity index (χ3n) is 4.13. The maximum atomic E-state index is 3.73. The number of rotatable bonds is 6. The highest BCUT2D eigenvalue weighted by atomic mass is 79.9. The molecule has 1 aliphatic heterocycles. The molecule has 2 nitrogen and oxygen atoms in total. The van der Waals surface area contributed by atoms with Crippen molar-refractivity contribution in [3.05, 3.63) is 28.2 Å². The van der Waals surface area contributed by atoms with E-state index in [2.05, 4.69) is 65.1 Å². The number of hydrogen-bond donors (Lipinski definition) is 1. The Balaban J connectivity index is 1.95. The highest BCUT2D eigenvalue weighted by Gasteiger charge is 2.21. The molecular weight excluding hydrogens is 312 g/mol. The molecule has 0 aromatic heterocycles. The monoisotopic (exact) mass is 338 g/mol. The number of benzene rings is 1. The first kappa shape index (κ1) is 15.8. The summed E-state index contributed by atoms with van der Waals surface area (Å²) in [5.74, 6) is 1.57. The van der Waals surface area contributed by atoms with Crippen LogP contribution in [-0.4, -0.2) is 19.6 Å². The maximum Gasteiger partial charge on any atom is 0.0377 e. The number of halogens is 1. The Morgan fingerprint density at radius 1 is 1.40 bits per heavy atom. The second kappa shape index (κ2) is 7.46. The molecule has 20 heavy (non-hydrogen) atoms. The molecule has 0 spiro atoms. The minimum Gasteiger partial charge on any atom is -0.371 e. The summed E-state index contributed by atoms with van der Waals surface area (Å²) in [6, 6.07) is 6.81. The van der Waals surface area contributed by atoms with Gasteiger partial charge in [-0.15, -0.1) is 0 Å². The highest BCUT2D eigenvalue weighted by molar-refractivity contribution is 9.10. The van der Waals surface area contributed by atoms with Crippen molar-refractivity contribution in [1.29, 1.82) is 0 Å². The molecule has 0 bridgehead atoms. The lowest BCUT2D eigenvalue weighted by atomic mass is 10.1. The number of hydrogen-bond acceptors (Lipinski definition) is 2. The molecule has 0 amide bonds. The first-order valence-corrected chi connectivity index (χ1v) is 8.63. The van der Waals surface area contributed by atoms with Crippen LogP contribution in [0, 0.1) is 11.8 Å². The van der Waals surface area contributed by atoms with Crippen LogP contribution in [0.25, 0.3) is 0 Å². The van der Waals surface area contributed by atoms with E-state index in [-0.39, 0.29) is 0 Å². The average molecular weight is 339 g/mol. The van der Waals surface area contributed by atoms with Crippen LogP contribution in [0.15, 0.2) is 22.7 Å². The van der Waals surface area contributed by atoms with Crippen molar-refractivity contribution in [3.63, 3.8) is 0 Å². The molecule has 0 radical (unpaired) electrons. The van der Waals surface area contributed by atoms with E-state index in [4.69, 9.17) is 0 Å². The third-order valence-corrected chi connectivity index (χ3v) is 4.87. The van der Waals surface area contributed by atoms with Crippen molar-refractivity contribution in [2.75, 3.05) is 24.5 Å². The Morgan fingerprint density at radius 3 is 2.80 bits per heavy atom. The molecule has 2 rings (SSSR count). The largest absolute Gasteiger partial charge is 0.371 e. The third kappa shape index (κ3) is 4.23. The van der Waals surface area contributed by atoms with Crippen LogP contribution in [0.4, 0.5) is 5.69 Å². The van der Waals surface area contributed by atoms with Crippen molar-refractivity contribution < 1.29 is 0 Å². The van der Waals surface area contributed by atoms with Gasteiger partial charge in [0.05, 0.1) is 0 Å². The molecule has 3 heteroatoms. The van der Waals surface area contributed by atoms with Crippen LogP contribution in [0.3, 0.4) is 0 Å². The van der Waals surface area contributed by atoms with Gasteiger partial charge in [-0.25, -0.2) is 0 Å². The first-order valence-electron chi connectivity index (χ1n) is 7.84. The molecule has 1 N–H and O–H groups in total. The molecular formula is C17H27BrN2. The summed E-state index contributed by atoms with van der Waals surface area (Å²) in [5.41, 5.74) is 2.71. The SMILES string of the molecule is CCC1CCN(c2ccc(CNCC(C)C)c(Br)c2)C1.